The molecule has 132 valence electrons. The Kier molecular flexibility index (Phi) is 6.30. The summed E-state index contributed by atoms with van der Waals surface area (Å²) in [6.07, 6.45) is -4.23. The van der Waals surface area contributed by atoms with Crippen LogP contribution in [0.1, 0.15) is 19.4 Å². The highest BCUT2D eigenvalue weighted by Gasteiger charge is 2.49. The van der Waals surface area contributed by atoms with E-state index < -0.39 is 42.5 Å². The summed E-state index contributed by atoms with van der Waals surface area (Å²) >= 11 is 0. The molecule has 1 aromatic carbocycles. The molecule has 1 N–H and O–H groups in total. The summed E-state index contributed by atoms with van der Waals surface area (Å²) in [4.78, 5) is 23.2. The second kappa shape index (κ2) is 8.23. The molecule has 7 heteroatoms. The Balaban J connectivity index is 2.17. The second-order valence-corrected chi connectivity index (χ2v) is 5.66. The molecule has 1 fully saturated rings. The lowest BCUT2D eigenvalue weighted by Crippen LogP contribution is -2.58. The summed E-state index contributed by atoms with van der Waals surface area (Å²) < 4.78 is 21.0. The van der Waals surface area contributed by atoms with E-state index in [-0.39, 0.29) is 6.61 Å². The zero-order valence-corrected chi connectivity index (χ0v) is 13.9. The monoisotopic (exact) mass is 338 g/mol. The topological polar surface area (TPSA) is 91.3 Å². The molecule has 1 aliphatic heterocycles. The molecule has 7 nitrogen and oxygen atoms in total. The fourth-order valence-corrected chi connectivity index (χ4v) is 2.70. The number of ether oxygens (including phenoxy) is 4. The number of hydrogen-bond acceptors (Lipinski definition) is 7. The lowest BCUT2D eigenvalue weighted by Gasteiger charge is -2.41. The Morgan fingerprint density at radius 3 is 2.46 bits per heavy atom. The normalized spacial score (nSPS) is 29.8. The number of hydrogen-bond donors (Lipinski definition) is 1. The van der Waals surface area contributed by atoms with Crippen LogP contribution in [0.25, 0.3) is 0 Å². The van der Waals surface area contributed by atoms with Crippen molar-refractivity contribution in [2.24, 2.45) is 5.92 Å². The zero-order chi connectivity index (χ0) is 17.7. The van der Waals surface area contributed by atoms with E-state index in [0.29, 0.717) is 0 Å². The minimum atomic E-state index is -1.48. The standard InChI is InChI=1S/C17H22O7/c1-10-13(22-9-12-7-5-4-6-8-12)15(23-11(2)18)17(20)24-14(10)16(19)21-3/h4-8,10,13-15,17,20H,9H2,1-3H3/t10-,13-,14?,15?,17?/m1/s1. The van der Waals surface area contributed by atoms with Crippen LogP contribution in [0.15, 0.2) is 30.3 Å². The van der Waals surface area contributed by atoms with Crippen LogP contribution >= 0.6 is 0 Å². The summed E-state index contributed by atoms with van der Waals surface area (Å²) in [5.41, 5.74) is 0.918. The number of aliphatic hydroxyl groups is 1. The van der Waals surface area contributed by atoms with Gasteiger partial charge >= 0.3 is 11.9 Å². The van der Waals surface area contributed by atoms with Gasteiger partial charge in [0.1, 0.15) is 6.10 Å². The molecule has 1 saturated heterocycles. The molecule has 0 amide bonds. The minimum Gasteiger partial charge on any atom is -0.467 e. The SMILES string of the molecule is COC(=O)C1OC(O)C(OC(C)=O)[C@H](OCc2ccccc2)[C@H]1C. The van der Waals surface area contributed by atoms with E-state index in [1.165, 1.54) is 14.0 Å². The smallest absolute Gasteiger partial charge is 0.335 e. The highest BCUT2D eigenvalue weighted by molar-refractivity contribution is 5.75. The summed E-state index contributed by atoms with van der Waals surface area (Å²) in [5, 5.41) is 10.1. The van der Waals surface area contributed by atoms with Crippen molar-refractivity contribution in [3.63, 3.8) is 0 Å². The molecule has 24 heavy (non-hydrogen) atoms. The second-order valence-electron chi connectivity index (χ2n) is 5.66. The van der Waals surface area contributed by atoms with Crippen LogP contribution in [0.2, 0.25) is 0 Å². The molecule has 1 aliphatic rings. The number of carbonyl (C=O) groups excluding carboxylic acids is 2. The van der Waals surface area contributed by atoms with Crippen molar-refractivity contribution in [3.05, 3.63) is 35.9 Å². The van der Waals surface area contributed by atoms with Gasteiger partial charge in [-0.25, -0.2) is 4.79 Å². The van der Waals surface area contributed by atoms with Gasteiger partial charge in [-0.15, -0.1) is 0 Å². The Bertz CT molecular complexity index is 559. The highest BCUT2D eigenvalue weighted by atomic mass is 16.7. The van der Waals surface area contributed by atoms with E-state index in [1.807, 2.05) is 30.3 Å². The molecular weight excluding hydrogens is 316 g/mol. The Labute approximate surface area is 140 Å². The molecule has 0 bridgehead atoms. The van der Waals surface area contributed by atoms with Gasteiger partial charge in [-0.3, -0.25) is 4.79 Å². The van der Waals surface area contributed by atoms with Crippen molar-refractivity contribution < 1.29 is 33.6 Å². The number of esters is 2. The van der Waals surface area contributed by atoms with Gasteiger partial charge in [-0.1, -0.05) is 37.3 Å². The van der Waals surface area contributed by atoms with Crippen molar-refractivity contribution >= 4 is 11.9 Å². The summed E-state index contributed by atoms with van der Waals surface area (Å²) in [6, 6.07) is 9.42. The van der Waals surface area contributed by atoms with Crippen LogP contribution in [-0.4, -0.2) is 48.8 Å². The van der Waals surface area contributed by atoms with E-state index in [1.54, 1.807) is 6.92 Å². The summed E-state index contributed by atoms with van der Waals surface area (Å²) in [5.74, 6) is -1.66. The van der Waals surface area contributed by atoms with E-state index in [2.05, 4.69) is 0 Å². The molecule has 0 spiro atoms. The molecule has 5 atom stereocenters. The van der Waals surface area contributed by atoms with Gasteiger partial charge in [0.25, 0.3) is 0 Å². The van der Waals surface area contributed by atoms with Crippen molar-refractivity contribution in [2.75, 3.05) is 7.11 Å². The van der Waals surface area contributed by atoms with E-state index in [0.717, 1.165) is 5.56 Å². The van der Waals surface area contributed by atoms with Crippen molar-refractivity contribution in [1.82, 2.24) is 0 Å². The molecule has 0 saturated carbocycles. The maximum Gasteiger partial charge on any atom is 0.335 e. The number of benzene rings is 1. The summed E-state index contributed by atoms with van der Waals surface area (Å²) in [7, 11) is 1.24. The third-order valence-electron chi connectivity index (χ3n) is 3.91. The van der Waals surface area contributed by atoms with Crippen molar-refractivity contribution in [2.45, 2.75) is 45.1 Å². The number of methoxy groups -OCH3 is 1. The molecule has 1 heterocycles. The van der Waals surface area contributed by atoms with Crippen LogP contribution in [0.5, 0.6) is 0 Å². The maximum atomic E-state index is 11.8. The fourth-order valence-electron chi connectivity index (χ4n) is 2.70. The van der Waals surface area contributed by atoms with Crippen LogP contribution in [0, 0.1) is 5.92 Å². The minimum absolute atomic E-state index is 0.244. The van der Waals surface area contributed by atoms with Gasteiger partial charge < -0.3 is 24.1 Å². The number of aliphatic hydroxyl groups excluding tert-OH is 1. The van der Waals surface area contributed by atoms with E-state index in [4.69, 9.17) is 18.9 Å². The molecule has 0 aromatic heterocycles. The van der Waals surface area contributed by atoms with Crippen LogP contribution in [0.4, 0.5) is 0 Å². The van der Waals surface area contributed by atoms with E-state index in [9.17, 15) is 14.7 Å². The maximum absolute atomic E-state index is 11.8. The largest absolute Gasteiger partial charge is 0.467 e. The lowest BCUT2D eigenvalue weighted by molar-refractivity contribution is -0.280. The quantitative estimate of drug-likeness (QED) is 0.802. The highest BCUT2D eigenvalue weighted by Crippen LogP contribution is 2.30. The number of rotatable bonds is 5. The van der Waals surface area contributed by atoms with Crippen LogP contribution in [-0.2, 0) is 35.1 Å². The van der Waals surface area contributed by atoms with Gasteiger partial charge in [0.05, 0.1) is 13.7 Å². The predicted octanol–water partition coefficient (Wildman–Crippen LogP) is 1.03. The van der Waals surface area contributed by atoms with E-state index >= 15 is 0 Å². The van der Waals surface area contributed by atoms with Crippen LogP contribution in [0.3, 0.4) is 0 Å². The lowest BCUT2D eigenvalue weighted by atomic mass is 9.90. The first kappa shape index (κ1) is 18.4. The average Bonchev–Trinajstić information content (AvgIpc) is 2.57. The van der Waals surface area contributed by atoms with Crippen molar-refractivity contribution in [1.29, 1.82) is 0 Å². The first-order chi connectivity index (χ1) is 11.4. The molecule has 3 unspecified atom stereocenters. The third kappa shape index (κ3) is 4.31. The predicted molar refractivity (Wildman–Crippen MR) is 82.6 cm³/mol. The van der Waals surface area contributed by atoms with Gasteiger partial charge in [-0.05, 0) is 5.56 Å². The molecular formula is C17H22O7. The molecule has 0 aliphatic carbocycles. The fraction of sp³-hybridized carbons (Fsp3) is 0.529. The third-order valence-corrected chi connectivity index (χ3v) is 3.91. The Morgan fingerprint density at radius 2 is 1.88 bits per heavy atom. The van der Waals surface area contributed by atoms with Gasteiger partial charge in [-0.2, -0.15) is 0 Å². The number of carbonyl (C=O) groups is 2. The molecule has 0 radical (unpaired) electrons. The average molecular weight is 338 g/mol. The first-order valence-corrected chi connectivity index (χ1v) is 7.68. The van der Waals surface area contributed by atoms with Gasteiger partial charge in [0.2, 0.25) is 0 Å². The molecule has 2 rings (SSSR count). The zero-order valence-electron chi connectivity index (χ0n) is 13.9. The first-order valence-electron chi connectivity index (χ1n) is 7.68. The molecule has 1 aromatic rings. The van der Waals surface area contributed by atoms with Crippen molar-refractivity contribution in [3.8, 4) is 0 Å². The van der Waals surface area contributed by atoms with Crippen LogP contribution < -0.4 is 0 Å². The Hall–Kier alpha value is -1.96. The van der Waals surface area contributed by atoms with Gasteiger partial charge in [0.15, 0.2) is 18.5 Å². The van der Waals surface area contributed by atoms with Gasteiger partial charge in [0, 0.05) is 12.8 Å². The summed E-state index contributed by atoms with van der Waals surface area (Å²) in [6.45, 7) is 3.20. The Morgan fingerprint density at radius 1 is 1.21 bits per heavy atom.